The Morgan fingerprint density at radius 3 is 2.14 bits per heavy atom. The summed E-state index contributed by atoms with van der Waals surface area (Å²) in [5.41, 5.74) is 1.35. The molecule has 0 unspecified atom stereocenters. The molecule has 3 aromatic rings. The SMILES string of the molecule is CC(C)Oc1ccccc1NC(=O)c1ccc(S(=O)(=O)Nc2ccccc2)cc1. The summed E-state index contributed by atoms with van der Waals surface area (Å²) in [7, 11) is -3.74. The molecule has 1 amide bonds. The monoisotopic (exact) mass is 410 g/mol. The molecule has 2 N–H and O–H groups in total. The molecule has 0 spiro atoms. The molecule has 3 rings (SSSR count). The number of rotatable bonds is 7. The van der Waals surface area contributed by atoms with Gasteiger partial charge in [0, 0.05) is 11.3 Å². The Balaban J connectivity index is 1.74. The first kappa shape index (κ1) is 20.4. The van der Waals surface area contributed by atoms with Crippen molar-refractivity contribution in [3.63, 3.8) is 0 Å². The minimum Gasteiger partial charge on any atom is -0.489 e. The lowest BCUT2D eigenvalue weighted by Crippen LogP contribution is -2.16. The Kier molecular flexibility index (Phi) is 6.19. The lowest BCUT2D eigenvalue weighted by molar-refractivity contribution is 0.102. The van der Waals surface area contributed by atoms with E-state index in [9.17, 15) is 13.2 Å². The van der Waals surface area contributed by atoms with Crippen LogP contribution in [0.4, 0.5) is 11.4 Å². The minimum atomic E-state index is -3.74. The average Bonchev–Trinajstić information content (AvgIpc) is 2.69. The van der Waals surface area contributed by atoms with Gasteiger partial charge in [0.15, 0.2) is 0 Å². The first-order chi connectivity index (χ1) is 13.8. The quantitative estimate of drug-likeness (QED) is 0.599. The van der Waals surface area contributed by atoms with Gasteiger partial charge in [-0.1, -0.05) is 30.3 Å². The Morgan fingerprint density at radius 2 is 1.48 bits per heavy atom. The minimum absolute atomic E-state index is 0.0327. The average molecular weight is 410 g/mol. The van der Waals surface area contributed by atoms with Crippen LogP contribution in [0.15, 0.2) is 83.8 Å². The van der Waals surface area contributed by atoms with E-state index in [1.807, 2.05) is 19.9 Å². The molecule has 0 saturated heterocycles. The Hall–Kier alpha value is -3.32. The van der Waals surface area contributed by atoms with Crippen molar-refractivity contribution >= 4 is 27.3 Å². The van der Waals surface area contributed by atoms with Gasteiger partial charge in [-0.3, -0.25) is 9.52 Å². The molecule has 0 saturated carbocycles. The lowest BCUT2D eigenvalue weighted by atomic mass is 10.2. The lowest BCUT2D eigenvalue weighted by Gasteiger charge is -2.15. The van der Waals surface area contributed by atoms with Gasteiger partial charge in [-0.2, -0.15) is 0 Å². The van der Waals surface area contributed by atoms with Gasteiger partial charge in [-0.25, -0.2) is 8.42 Å². The van der Waals surface area contributed by atoms with Crippen LogP contribution in [0.5, 0.6) is 5.75 Å². The van der Waals surface area contributed by atoms with E-state index in [1.54, 1.807) is 48.5 Å². The standard InChI is InChI=1S/C22H22N2O4S/c1-16(2)28-21-11-7-6-10-20(21)23-22(25)17-12-14-19(15-13-17)29(26,27)24-18-8-4-3-5-9-18/h3-16,24H,1-2H3,(H,23,25). The number of nitrogens with one attached hydrogen (secondary N) is 2. The summed E-state index contributed by atoms with van der Waals surface area (Å²) in [5.74, 6) is 0.215. The number of carbonyl (C=O) groups excluding carboxylic acids is 1. The molecule has 7 heteroatoms. The maximum absolute atomic E-state index is 12.6. The second kappa shape index (κ2) is 8.79. The molecule has 0 aliphatic carbocycles. The fraction of sp³-hybridized carbons (Fsp3) is 0.136. The summed E-state index contributed by atoms with van der Waals surface area (Å²) < 4.78 is 33.2. The van der Waals surface area contributed by atoms with E-state index < -0.39 is 10.0 Å². The van der Waals surface area contributed by atoms with Crippen LogP contribution in [0.1, 0.15) is 24.2 Å². The topological polar surface area (TPSA) is 84.5 Å². The third-order valence-corrected chi connectivity index (χ3v) is 5.35. The predicted molar refractivity (Wildman–Crippen MR) is 114 cm³/mol. The van der Waals surface area contributed by atoms with E-state index in [-0.39, 0.29) is 16.9 Å². The molecule has 0 bridgehead atoms. The highest BCUT2D eigenvalue weighted by molar-refractivity contribution is 7.92. The molecule has 0 atom stereocenters. The fourth-order valence-corrected chi connectivity index (χ4v) is 3.69. The normalized spacial score (nSPS) is 11.1. The number of amides is 1. The van der Waals surface area contributed by atoms with Gasteiger partial charge in [0.2, 0.25) is 0 Å². The smallest absolute Gasteiger partial charge is 0.261 e. The second-order valence-electron chi connectivity index (χ2n) is 6.61. The zero-order valence-corrected chi connectivity index (χ0v) is 16.9. The van der Waals surface area contributed by atoms with Crippen LogP contribution in [0.25, 0.3) is 0 Å². The van der Waals surface area contributed by atoms with Crippen LogP contribution in [0.3, 0.4) is 0 Å². The molecule has 150 valence electrons. The van der Waals surface area contributed by atoms with Gasteiger partial charge < -0.3 is 10.1 Å². The number of hydrogen-bond acceptors (Lipinski definition) is 4. The van der Waals surface area contributed by atoms with Crippen molar-refractivity contribution in [1.29, 1.82) is 0 Å². The van der Waals surface area contributed by atoms with E-state index in [1.165, 1.54) is 24.3 Å². The molecule has 0 aliphatic heterocycles. The van der Waals surface area contributed by atoms with Gasteiger partial charge in [0.05, 0.1) is 16.7 Å². The Morgan fingerprint density at radius 1 is 0.862 bits per heavy atom. The number of anilines is 2. The van der Waals surface area contributed by atoms with E-state index in [0.717, 1.165) is 0 Å². The molecular weight excluding hydrogens is 388 g/mol. The number of sulfonamides is 1. The summed E-state index contributed by atoms with van der Waals surface area (Å²) in [6.45, 7) is 3.81. The van der Waals surface area contributed by atoms with Crippen molar-refractivity contribution in [2.75, 3.05) is 10.0 Å². The summed E-state index contributed by atoms with van der Waals surface area (Å²) in [4.78, 5) is 12.6. The van der Waals surface area contributed by atoms with E-state index in [4.69, 9.17) is 4.74 Å². The van der Waals surface area contributed by atoms with Crippen LogP contribution in [0.2, 0.25) is 0 Å². The zero-order chi connectivity index (χ0) is 20.9. The molecule has 6 nitrogen and oxygen atoms in total. The molecule has 29 heavy (non-hydrogen) atoms. The molecule has 0 heterocycles. The summed E-state index contributed by atoms with van der Waals surface area (Å²) in [5, 5.41) is 2.80. The van der Waals surface area contributed by atoms with Gasteiger partial charge >= 0.3 is 0 Å². The summed E-state index contributed by atoms with van der Waals surface area (Å²) >= 11 is 0. The Labute approximate surface area is 170 Å². The third-order valence-electron chi connectivity index (χ3n) is 3.95. The molecule has 0 radical (unpaired) electrons. The van der Waals surface area contributed by atoms with Crippen molar-refractivity contribution in [3.05, 3.63) is 84.4 Å². The van der Waals surface area contributed by atoms with Crippen LogP contribution < -0.4 is 14.8 Å². The largest absolute Gasteiger partial charge is 0.489 e. The number of hydrogen-bond donors (Lipinski definition) is 2. The number of para-hydroxylation sites is 3. The van der Waals surface area contributed by atoms with Crippen molar-refractivity contribution in [3.8, 4) is 5.75 Å². The molecule has 0 fully saturated rings. The Bertz CT molecular complexity index is 1080. The zero-order valence-electron chi connectivity index (χ0n) is 16.1. The first-order valence-electron chi connectivity index (χ1n) is 9.10. The first-order valence-corrected chi connectivity index (χ1v) is 10.6. The van der Waals surface area contributed by atoms with Crippen molar-refractivity contribution in [2.24, 2.45) is 0 Å². The van der Waals surface area contributed by atoms with Crippen LogP contribution >= 0.6 is 0 Å². The highest BCUT2D eigenvalue weighted by Gasteiger charge is 2.16. The number of ether oxygens (including phenoxy) is 1. The van der Waals surface area contributed by atoms with Gasteiger partial charge in [0.1, 0.15) is 5.75 Å². The highest BCUT2D eigenvalue weighted by atomic mass is 32.2. The van der Waals surface area contributed by atoms with Crippen molar-refractivity contribution < 1.29 is 17.9 Å². The maximum Gasteiger partial charge on any atom is 0.261 e. The number of carbonyl (C=O) groups is 1. The van der Waals surface area contributed by atoms with Gasteiger partial charge in [-0.15, -0.1) is 0 Å². The summed E-state index contributed by atoms with van der Waals surface area (Å²) in [6.07, 6.45) is -0.0327. The predicted octanol–water partition coefficient (Wildman–Crippen LogP) is 4.53. The highest BCUT2D eigenvalue weighted by Crippen LogP contribution is 2.25. The number of benzene rings is 3. The fourth-order valence-electron chi connectivity index (χ4n) is 2.63. The molecule has 0 aliphatic rings. The summed E-state index contributed by atoms with van der Waals surface area (Å²) in [6, 6.07) is 21.5. The van der Waals surface area contributed by atoms with Crippen molar-refractivity contribution in [1.82, 2.24) is 0 Å². The molecule has 0 aromatic heterocycles. The maximum atomic E-state index is 12.6. The second-order valence-corrected chi connectivity index (χ2v) is 8.30. The van der Waals surface area contributed by atoms with Crippen molar-refractivity contribution in [2.45, 2.75) is 24.8 Å². The third kappa shape index (κ3) is 5.36. The van der Waals surface area contributed by atoms with Gasteiger partial charge in [0.25, 0.3) is 15.9 Å². The van der Waals surface area contributed by atoms with E-state index in [2.05, 4.69) is 10.0 Å². The van der Waals surface area contributed by atoms with Crippen LogP contribution in [-0.2, 0) is 10.0 Å². The van der Waals surface area contributed by atoms with E-state index in [0.29, 0.717) is 22.7 Å². The van der Waals surface area contributed by atoms with Crippen LogP contribution in [-0.4, -0.2) is 20.4 Å². The van der Waals surface area contributed by atoms with E-state index >= 15 is 0 Å². The van der Waals surface area contributed by atoms with Crippen LogP contribution in [0, 0.1) is 0 Å². The van der Waals surface area contributed by atoms with Gasteiger partial charge in [-0.05, 0) is 62.4 Å². The molecular formula is C22H22N2O4S. The molecule has 3 aromatic carbocycles.